The lowest BCUT2D eigenvalue weighted by Gasteiger charge is -2.14. The highest BCUT2D eigenvalue weighted by atomic mass is 79.9. The molecule has 0 bridgehead atoms. The van der Waals surface area contributed by atoms with Gasteiger partial charge in [0.25, 0.3) is 0 Å². The number of likely N-dealkylation sites (tertiary alicyclic amines) is 1. The molecular formula is C12H15BrN2O2. The Kier molecular flexibility index (Phi) is 4.15. The minimum absolute atomic E-state index is 0.0443. The van der Waals surface area contributed by atoms with Crippen LogP contribution in [0.4, 0.5) is 5.69 Å². The predicted molar refractivity (Wildman–Crippen MR) is 69.8 cm³/mol. The number of nitrogens with zero attached hydrogens (tertiary/aromatic N) is 1. The van der Waals surface area contributed by atoms with Crippen LogP contribution in [0.15, 0.2) is 28.7 Å². The molecule has 0 spiro atoms. The van der Waals surface area contributed by atoms with Crippen molar-refractivity contribution in [1.29, 1.82) is 0 Å². The van der Waals surface area contributed by atoms with E-state index in [-0.39, 0.29) is 12.0 Å². The number of hydrogen-bond acceptors (Lipinski definition) is 3. The van der Waals surface area contributed by atoms with E-state index in [2.05, 4.69) is 21.2 Å². The maximum absolute atomic E-state index is 11.7. The zero-order valence-electron chi connectivity index (χ0n) is 9.40. The van der Waals surface area contributed by atoms with Gasteiger partial charge in [-0.05, 0) is 24.6 Å². The van der Waals surface area contributed by atoms with Crippen LogP contribution in [0.5, 0.6) is 0 Å². The predicted octanol–water partition coefficient (Wildman–Crippen LogP) is 1.45. The second-order valence-electron chi connectivity index (χ2n) is 4.24. The Morgan fingerprint density at radius 3 is 3.06 bits per heavy atom. The molecule has 1 amide bonds. The van der Waals surface area contributed by atoms with Crippen molar-refractivity contribution in [2.75, 3.05) is 25.0 Å². The van der Waals surface area contributed by atoms with Gasteiger partial charge >= 0.3 is 0 Å². The van der Waals surface area contributed by atoms with Crippen LogP contribution < -0.4 is 5.32 Å². The van der Waals surface area contributed by atoms with E-state index in [1.165, 1.54) is 0 Å². The summed E-state index contributed by atoms with van der Waals surface area (Å²) >= 11 is 3.35. The van der Waals surface area contributed by atoms with Gasteiger partial charge in [0, 0.05) is 23.2 Å². The van der Waals surface area contributed by atoms with E-state index in [1.807, 2.05) is 29.2 Å². The number of hydrogen-bond donors (Lipinski definition) is 2. The van der Waals surface area contributed by atoms with Gasteiger partial charge in [-0.2, -0.15) is 0 Å². The first-order chi connectivity index (χ1) is 8.13. The molecule has 1 aromatic rings. The molecule has 0 aliphatic carbocycles. The third-order valence-corrected chi connectivity index (χ3v) is 3.22. The molecule has 92 valence electrons. The number of rotatable bonds is 3. The van der Waals surface area contributed by atoms with E-state index in [0.717, 1.165) is 23.1 Å². The standard InChI is InChI=1S/C12H15BrN2O2/c13-9-2-1-3-10(6-9)14-12(17)8-15-5-4-11(16)7-15/h1-3,6,11,16H,4-5,7-8H2,(H,14,17)/t11-/m0/s1. The molecule has 1 aromatic carbocycles. The van der Waals surface area contributed by atoms with Crippen molar-refractivity contribution in [2.24, 2.45) is 0 Å². The molecule has 1 atom stereocenters. The number of halogens is 1. The van der Waals surface area contributed by atoms with E-state index >= 15 is 0 Å². The summed E-state index contributed by atoms with van der Waals surface area (Å²) in [5, 5.41) is 12.2. The maximum atomic E-state index is 11.7. The molecule has 4 nitrogen and oxygen atoms in total. The first kappa shape index (κ1) is 12.5. The van der Waals surface area contributed by atoms with Crippen molar-refractivity contribution in [3.63, 3.8) is 0 Å². The topological polar surface area (TPSA) is 52.6 Å². The van der Waals surface area contributed by atoms with Crippen LogP contribution in [0.3, 0.4) is 0 Å². The molecule has 0 saturated carbocycles. The Morgan fingerprint density at radius 2 is 2.41 bits per heavy atom. The Hall–Kier alpha value is -0.910. The van der Waals surface area contributed by atoms with Crippen LogP contribution >= 0.6 is 15.9 Å². The highest BCUT2D eigenvalue weighted by Crippen LogP contribution is 2.16. The number of anilines is 1. The van der Waals surface area contributed by atoms with Crippen molar-refractivity contribution < 1.29 is 9.90 Å². The fourth-order valence-corrected chi connectivity index (χ4v) is 2.32. The van der Waals surface area contributed by atoms with E-state index in [9.17, 15) is 9.90 Å². The molecule has 0 radical (unpaired) electrons. The van der Waals surface area contributed by atoms with E-state index < -0.39 is 0 Å². The molecule has 1 saturated heterocycles. The number of carbonyl (C=O) groups excluding carboxylic acids is 1. The van der Waals surface area contributed by atoms with Gasteiger partial charge in [-0.3, -0.25) is 9.69 Å². The largest absolute Gasteiger partial charge is 0.392 e. The molecule has 2 N–H and O–H groups in total. The summed E-state index contributed by atoms with van der Waals surface area (Å²) in [6, 6.07) is 7.49. The minimum Gasteiger partial charge on any atom is -0.392 e. The molecule has 1 aliphatic heterocycles. The summed E-state index contributed by atoms with van der Waals surface area (Å²) in [7, 11) is 0. The summed E-state index contributed by atoms with van der Waals surface area (Å²) in [4.78, 5) is 13.7. The van der Waals surface area contributed by atoms with Crippen LogP contribution in [0.25, 0.3) is 0 Å². The average Bonchev–Trinajstić information content (AvgIpc) is 2.63. The number of aliphatic hydroxyl groups is 1. The van der Waals surface area contributed by atoms with Crippen molar-refractivity contribution >= 4 is 27.5 Å². The van der Waals surface area contributed by atoms with Gasteiger partial charge in [-0.1, -0.05) is 22.0 Å². The lowest BCUT2D eigenvalue weighted by Crippen LogP contribution is -2.32. The summed E-state index contributed by atoms with van der Waals surface area (Å²) in [6.45, 7) is 1.71. The number of aliphatic hydroxyl groups excluding tert-OH is 1. The SMILES string of the molecule is O=C(CN1CC[C@H](O)C1)Nc1cccc(Br)c1. The molecule has 17 heavy (non-hydrogen) atoms. The molecule has 1 fully saturated rings. The van der Waals surface area contributed by atoms with Gasteiger partial charge in [0.1, 0.15) is 0 Å². The van der Waals surface area contributed by atoms with Gasteiger partial charge in [0.05, 0.1) is 12.6 Å². The van der Waals surface area contributed by atoms with Crippen LogP contribution in [0, 0.1) is 0 Å². The fourth-order valence-electron chi connectivity index (χ4n) is 1.93. The third-order valence-electron chi connectivity index (χ3n) is 2.72. The zero-order valence-corrected chi connectivity index (χ0v) is 11.0. The molecule has 2 rings (SSSR count). The van der Waals surface area contributed by atoms with Gasteiger partial charge in [0.15, 0.2) is 0 Å². The Morgan fingerprint density at radius 1 is 1.59 bits per heavy atom. The number of amides is 1. The van der Waals surface area contributed by atoms with Gasteiger partial charge < -0.3 is 10.4 Å². The smallest absolute Gasteiger partial charge is 0.238 e. The Balaban J connectivity index is 1.85. The Labute approximate surface area is 109 Å². The maximum Gasteiger partial charge on any atom is 0.238 e. The highest BCUT2D eigenvalue weighted by molar-refractivity contribution is 9.10. The lowest BCUT2D eigenvalue weighted by molar-refractivity contribution is -0.117. The minimum atomic E-state index is -0.284. The Bertz CT molecular complexity index is 411. The zero-order chi connectivity index (χ0) is 12.3. The molecule has 1 heterocycles. The summed E-state index contributed by atoms with van der Waals surface area (Å²) < 4.78 is 0.937. The van der Waals surface area contributed by atoms with Crippen LogP contribution in [-0.4, -0.2) is 41.7 Å². The number of carbonyl (C=O) groups is 1. The molecule has 1 aliphatic rings. The normalized spacial score (nSPS) is 20.5. The molecule has 5 heteroatoms. The third kappa shape index (κ3) is 3.80. The summed E-state index contributed by atoms with van der Waals surface area (Å²) in [6.07, 6.45) is 0.470. The van der Waals surface area contributed by atoms with Crippen molar-refractivity contribution in [3.05, 3.63) is 28.7 Å². The second-order valence-corrected chi connectivity index (χ2v) is 5.15. The lowest BCUT2D eigenvalue weighted by atomic mass is 10.3. The summed E-state index contributed by atoms with van der Waals surface area (Å²) in [5.41, 5.74) is 0.782. The quantitative estimate of drug-likeness (QED) is 0.888. The van der Waals surface area contributed by atoms with Crippen molar-refractivity contribution in [2.45, 2.75) is 12.5 Å². The average molecular weight is 299 g/mol. The first-order valence-electron chi connectivity index (χ1n) is 5.59. The van der Waals surface area contributed by atoms with Crippen LogP contribution in [-0.2, 0) is 4.79 Å². The molecule has 0 aromatic heterocycles. The van der Waals surface area contributed by atoms with E-state index in [4.69, 9.17) is 0 Å². The highest BCUT2D eigenvalue weighted by Gasteiger charge is 2.21. The number of β-amino-alcohol motifs (C(OH)–C–C–N with tert-alkyl or cyclic N) is 1. The fraction of sp³-hybridized carbons (Fsp3) is 0.417. The molecular weight excluding hydrogens is 284 g/mol. The van der Waals surface area contributed by atoms with Crippen molar-refractivity contribution in [1.82, 2.24) is 4.90 Å². The van der Waals surface area contributed by atoms with Crippen molar-refractivity contribution in [3.8, 4) is 0 Å². The van der Waals surface area contributed by atoms with Crippen LogP contribution in [0.1, 0.15) is 6.42 Å². The first-order valence-corrected chi connectivity index (χ1v) is 6.38. The second kappa shape index (κ2) is 5.62. The number of benzene rings is 1. The molecule has 0 unspecified atom stereocenters. The monoisotopic (exact) mass is 298 g/mol. The van der Waals surface area contributed by atoms with Gasteiger partial charge in [0.2, 0.25) is 5.91 Å². The number of nitrogens with one attached hydrogen (secondary N) is 1. The van der Waals surface area contributed by atoms with Gasteiger partial charge in [-0.25, -0.2) is 0 Å². The van der Waals surface area contributed by atoms with Crippen LogP contribution in [0.2, 0.25) is 0 Å². The van der Waals surface area contributed by atoms with E-state index in [0.29, 0.717) is 13.1 Å². The van der Waals surface area contributed by atoms with E-state index in [1.54, 1.807) is 0 Å². The van der Waals surface area contributed by atoms with Gasteiger partial charge in [-0.15, -0.1) is 0 Å². The summed E-state index contributed by atoms with van der Waals surface area (Å²) in [5.74, 6) is -0.0443.